The SMILES string of the molecule is c1ccc(C2(c3cccc4c3oc3c(N(c5ccc6c(c5)C5(c7ccccc7-c7ccccc75)c5ccccc5-6)c5cccc6c5oc5ccccc56)cccc34)c3ccccc3-c3ccccc32)cc1. The first-order valence-corrected chi connectivity index (χ1v) is 24.6. The summed E-state index contributed by atoms with van der Waals surface area (Å²) in [7, 11) is 0. The van der Waals surface area contributed by atoms with E-state index < -0.39 is 10.8 Å². The summed E-state index contributed by atoms with van der Waals surface area (Å²) < 4.78 is 14.6. The molecule has 0 unspecified atom stereocenters. The number of hydrogen-bond acceptors (Lipinski definition) is 3. The molecule has 3 heteroatoms. The lowest BCUT2D eigenvalue weighted by atomic mass is 9.67. The lowest BCUT2D eigenvalue weighted by Crippen LogP contribution is -2.28. The van der Waals surface area contributed by atoms with Crippen molar-refractivity contribution in [3.05, 3.63) is 293 Å². The Labute approximate surface area is 410 Å². The molecule has 0 amide bonds. The third-order valence-electron chi connectivity index (χ3n) is 16.2. The van der Waals surface area contributed by atoms with Gasteiger partial charge in [-0.2, -0.15) is 0 Å². The van der Waals surface area contributed by atoms with Crippen LogP contribution in [-0.2, 0) is 10.8 Å². The molecule has 0 bridgehead atoms. The molecule has 0 radical (unpaired) electrons. The van der Waals surface area contributed by atoms with Crippen molar-refractivity contribution in [2.75, 3.05) is 4.90 Å². The molecule has 0 aliphatic heterocycles. The monoisotopic (exact) mass is 903 g/mol. The van der Waals surface area contributed by atoms with Crippen LogP contribution in [0.3, 0.4) is 0 Å². The zero-order valence-corrected chi connectivity index (χ0v) is 38.4. The highest BCUT2D eigenvalue weighted by Crippen LogP contribution is 2.64. The summed E-state index contributed by atoms with van der Waals surface area (Å²) in [5.41, 5.74) is 22.6. The molecule has 0 fully saturated rings. The molecule has 2 heterocycles. The number of rotatable bonds is 5. The molecular formula is C68H41NO2. The van der Waals surface area contributed by atoms with Crippen molar-refractivity contribution < 1.29 is 8.83 Å². The maximum Gasteiger partial charge on any atom is 0.159 e. The average molecular weight is 904 g/mol. The minimum Gasteiger partial charge on any atom is -0.454 e. The Bertz CT molecular complexity index is 4270. The van der Waals surface area contributed by atoms with Crippen molar-refractivity contribution in [1.29, 1.82) is 0 Å². The fraction of sp³-hybridized carbons (Fsp3) is 0.0294. The van der Waals surface area contributed by atoms with Crippen molar-refractivity contribution in [2.24, 2.45) is 0 Å². The highest BCUT2D eigenvalue weighted by Gasteiger charge is 2.52. The Morgan fingerprint density at radius 3 is 1.25 bits per heavy atom. The zero-order chi connectivity index (χ0) is 46.4. The number of furan rings is 2. The van der Waals surface area contributed by atoms with Gasteiger partial charge in [0.1, 0.15) is 11.2 Å². The van der Waals surface area contributed by atoms with E-state index in [-0.39, 0.29) is 0 Å². The van der Waals surface area contributed by atoms with E-state index in [0.29, 0.717) is 0 Å². The predicted molar refractivity (Wildman–Crippen MR) is 289 cm³/mol. The first-order valence-electron chi connectivity index (χ1n) is 24.6. The van der Waals surface area contributed by atoms with E-state index in [2.05, 4.69) is 248 Å². The third kappa shape index (κ3) is 4.87. The van der Waals surface area contributed by atoms with Gasteiger partial charge in [0.15, 0.2) is 11.2 Å². The van der Waals surface area contributed by atoms with Gasteiger partial charge in [0.05, 0.1) is 22.2 Å². The summed E-state index contributed by atoms with van der Waals surface area (Å²) in [6.45, 7) is 0. The van der Waals surface area contributed by atoms with E-state index in [4.69, 9.17) is 8.83 Å². The smallest absolute Gasteiger partial charge is 0.159 e. The number of para-hydroxylation sites is 4. The fourth-order valence-electron chi connectivity index (χ4n) is 13.5. The third-order valence-corrected chi connectivity index (χ3v) is 16.2. The number of fused-ring (bicyclic) bond motifs is 19. The minimum absolute atomic E-state index is 0.522. The maximum absolute atomic E-state index is 7.66. The molecule has 71 heavy (non-hydrogen) atoms. The molecule has 3 aliphatic carbocycles. The van der Waals surface area contributed by atoms with Gasteiger partial charge in [-0.05, 0) is 103 Å². The van der Waals surface area contributed by atoms with Gasteiger partial charge in [-0.25, -0.2) is 0 Å². The summed E-state index contributed by atoms with van der Waals surface area (Å²) in [5, 5.41) is 4.27. The van der Waals surface area contributed by atoms with Crippen LogP contribution in [0.1, 0.15) is 44.5 Å². The second-order valence-corrected chi connectivity index (χ2v) is 19.3. The number of anilines is 3. The van der Waals surface area contributed by atoms with Crippen molar-refractivity contribution in [3.63, 3.8) is 0 Å². The molecule has 0 saturated carbocycles. The summed E-state index contributed by atoms with van der Waals surface area (Å²) in [6, 6.07) is 91.3. The Kier molecular flexibility index (Phi) is 7.75. The Hall–Kier alpha value is -9.18. The van der Waals surface area contributed by atoms with Crippen molar-refractivity contribution in [1.82, 2.24) is 0 Å². The van der Waals surface area contributed by atoms with E-state index in [0.717, 1.165) is 66.5 Å². The quantitative estimate of drug-likeness (QED) is 0.172. The van der Waals surface area contributed by atoms with Crippen molar-refractivity contribution in [3.8, 4) is 33.4 Å². The van der Waals surface area contributed by atoms with Gasteiger partial charge < -0.3 is 13.7 Å². The van der Waals surface area contributed by atoms with Crippen LogP contribution in [0, 0.1) is 0 Å². The van der Waals surface area contributed by atoms with E-state index in [1.807, 2.05) is 6.07 Å². The second-order valence-electron chi connectivity index (χ2n) is 19.3. The average Bonchev–Trinajstić information content (AvgIpc) is 4.23. The van der Waals surface area contributed by atoms with Gasteiger partial charge in [0.25, 0.3) is 0 Å². The lowest BCUT2D eigenvalue weighted by molar-refractivity contribution is 0.648. The molecule has 330 valence electrons. The summed E-state index contributed by atoms with van der Waals surface area (Å²) in [4.78, 5) is 2.39. The van der Waals surface area contributed by atoms with Gasteiger partial charge in [-0.3, -0.25) is 0 Å². The topological polar surface area (TPSA) is 29.5 Å². The van der Waals surface area contributed by atoms with Gasteiger partial charge in [-0.15, -0.1) is 0 Å². The van der Waals surface area contributed by atoms with E-state index in [1.165, 1.54) is 72.3 Å². The van der Waals surface area contributed by atoms with Gasteiger partial charge in [0, 0.05) is 32.8 Å². The predicted octanol–water partition coefficient (Wildman–Crippen LogP) is 17.7. The van der Waals surface area contributed by atoms with Gasteiger partial charge in [-0.1, -0.05) is 218 Å². The lowest BCUT2D eigenvalue weighted by Gasteiger charge is -2.33. The Morgan fingerprint density at radius 1 is 0.268 bits per heavy atom. The molecule has 13 aromatic rings. The Morgan fingerprint density at radius 2 is 0.676 bits per heavy atom. The zero-order valence-electron chi connectivity index (χ0n) is 38.4. The van der Waals surface area contributed by atoms with Crippen molar-refractivity contribution in [2.45, 2.75) is 10.8 Å². The molecular weight excluding hydrogens is 863 g/mol. The number of hydrogen-bond donors (Lipinski definition) is 0. The standard InChI is InChI=1S/C68H41NO2/c1-2-19-42(20-3-1)67(54-30-10-4-21-44(54)45-22-5-11-31-55(45)67)59-35-16-27-52-53-29-18-37-62(66(53)71-64(52)59)69(61-36-17-28-51-50-26-9-15-38-63(50)70-65(51)61)43-39-40-49-48-25-8-14-34-58(48)68(60(49)41-43)56-32-12-6-23-46(56)47-24-7-13-33-57(47)68/h1-41H. The first-order chi connectivity index (χ1) is 35.2. The van der Waals surface area contributed by atoms with Crippen LogP contribution < -0.4 is 4.90 Å². The summed E-state index contributed by atoms with van der Waals surface area (Å²) >= 11 is 0. The van der Waals surface area contributed by atoms with Gasteiger partial charge >= 0.3 is 0 Å². The summed E-state index contributed by atoms with van der Waals surface area (Å²) in [5.74, 6) is 0. The summed E-state index contributed by atoms with van der Waals surface area (Å²) in [6.07, 6.45) is 0. The molecule has 16 rings (SSSR count). The van der Waals surface area contributed by atoms with Crippen LogP contribution in [0.4, 0.5) is 17.1 Å². The van der Waals surface area contributed by atoms with Crippen LogP contribution in [-0.4, -0.2) is 0 Å². The van der Waals surface area contributed by atoms with E-state index >= 15 is 0 Å². The molecule has 3 aliphatic rings. The Balaban J connectivity index is 1.00. The van der Waals surface area contributed by atoms with Crippen molar-refractivity contribution >= 4 is 60.9 Å². The van der Waals surface area contributed by atoms with Crippen LogP contribution in [0.5, 0.6) is 0 Å². The van der Waals surface area contributed by atoms with E-state index in [9.17, 15) is 0 Å². The molecule has 0 saturated heterocycles. The molecule has 0 atom stereocenters. The largest absolute Gasteiger partial charge is 0.454 e. The van der Waals surface area contributed by atoms with E-state index in [1.54, 1.807) is 0 Å². The molecule has 11 aromatic carbocycles. The fourth-order valence-corrected chi connectivity index (χ4v) is 13.5. The first kappa shape index (κ1) is 38.8. The molecule has 1 spiro atoms. The molecule has 0 N–H and O–H groups in total. The van der Waals surface area contributed by atoms with Crippen LogP contribution >= 0.6 is 0 Å². The normalized spacial score (nSPS) is 14.1. The van der Waals surface area contributed by atoms with Crippen LogP contribution in [0.2, 0.25) is 0 Å². The highest BCUT2D eigenvalue weighted by atomic mass is 16.3. The molecule has 2 aromatic heterocycles. The number of benzene rings is 11. The number of nitrogens with zero attached hydrogens (tertiary/aromatic N) is 1. The van der Waals surface area contributed by atoms with Crippen LogP contribution in [0.25, 0.3) is 77.3 Å². The molecule has 3 nitrogen and oxygen atoms in total. The maximum atomic E-state index is 7.66. The minimum atomic E-state index is -0.640. The second kappa shape index (κ2) is 14.2. The van der Waals surface area contributed by atoms with Crippen LogP contribution in [0.15, 0.2) is 258 Å². The highest BCUT2D eigenvalue weighted by molar-refractivity contribution is 6.15. The van der Waals surface area contributed by atoms with Gasteiger partial charge in [0.2, 0.25) is 0 Å².